The summed E-state index contributed by atoms with van der Waals surface area (Å²) in [5.74, 6) is 0.104. The molecule has 0 N–H and O–H groups in total. The fraction of sp³-hybridized carbons (Fsp3) is 0.357. The first kappa shape index (κ1) is 22.0. The number of benzene rings is 2. The van der Waals surface area contributed by atoms with Gasteiger partial charge in [0.1, 0.15) is 0 Å². The highest BCUT2D eigenvalue weighted by Crippen LogP contribution is 2.22. The van der Waals surface area contributed by atoms with Crippen molar-refractivity contribution in [3.63, 3.8) is 0 Å². The third kappa shape index (κ3) is 6.66. The number of aryl methyl sites for hydroxylation is 2. The summed E-state index contributed by atoms with van der Waals surface area (Å²) in [4.78, 5) is 16.9. The SMILES string of the molecule is CCCCCCCCc1ccc(-c2ccc(C(=O)Cc3ccc(C)cn3)cc2)cc1. The summed E-state index contributed by atoms with van der Waals surface area (Å²) in [6.07, 6.45) is 11.3. The largest absolute Gasteiger partial charge is 0.294 e. The summed E-state index contributed by atoms with van der Waals surface area (Å²) < 4.78 is 0. The van der Waals surface area contributed by atoms with Gasteiger partial charge >= 0.3 is 0 Å². The predicted octanol–water partition coefficient (Wildman–Crippen LogP) is 7.39. The topological polar surface area (TPSA) is 30.0 Å². The number of rotatable bonds is 11. The number of hydrogen-bond donors (Lipinski definition) is 0. The third-order valence-electron chi connectivity index (χ3n) is 5.63. The first-order valence-electron chi connectivity index (χ1n) is 11.3. The summed E-state index contributed by atoms with van der Waals surface area (Å²) in [6, 6.07) is 20.7. The van der Waals surface area contributed by atoms with E-state index in [1.807, 2.05) is 49.5 Å². The molecule has 2 nitrogen and oxygen atoms in total. The first-order valence-corrected chi connectivity index (χ1v) is 11.3. The van der Waals surface area contributed by atoms with E-state index in [0.717, 1.165) is 28.8 Å². The normalized spacial score (nSPS) is 10.9. The van der Waals surface area contributed by atoms with Gasteiger partial charge in [-0.2, -0.15) is 0 Å². The zero-order chi connectivity index (χ0) is 21.2. The van der Waals surface area contributed by atoms with Crippen LogP contribution in [0.4, 0.5) is 0 Å². The number of hydrogen-bond acceptors (Lipinski definition) is 2. The monoisotopic (exact) mass is 399 g/mol. The second-order valence-corrected chi connectivity index (χ2v) is 8.22. The Hall–Kier alpha value is -2.74. The molecular formula is C28H33NO. The van der Waals surface area contributed by atoms with Crippen molar-refractivity contribution in [3.05, 3.63) is 89.2 Å². The molecule has 0 saturated carbocycles. The Morgan fingerprint density at radius 3 is 2.03 bits per heavy atom. The van der Waals surface area contributed by atoms with Crippen LogP contribution in [-0.4, -0.2) is 10.8 Å². The fourth-order valence-corrected chi connectivity index (χ4v) is 3.69. The smallest absolute Gasteiger partial charge is 0.168 e. The minimum absolute atomic E-state index is 0.104. The van der Waals surface area contributed by atoms with E-state index in [4.69, 9.17) is 0 Å². The standard InChI is InChI=1S/C28H33NO/c1-3-4-5-6-7-8-9-23-11-13-24(14-12-23)25-15-17-26(18-16-25)28(30)20-27-19-10-22(2)21-29-27/h10-19,21H,3-9,20H2,1-2H3. The van der Waals surface area contributed by atoms with Crippen LogP contribution >= 0.6 is 0 Å². The highest BCUT2D eigenvalue weighted by atomic mass is 16.1. The Morgan fingerprint density at radius 2 is 1.40 bits per heavy atom. The van der Waals surface area contributed by atoms with E-state index in [1.54, 1.807) is 0 Å². The van der Waals surface area contributed by atoms with Crippen LogP contribution in [0.25, 0.3) is 11.1 Å². The first-order chi connectivity index (χ1) is 14.7. The molecule has 0 radical (unpaired) electrons. The van der Waals surface area contributed by atoms with Crippen LogP contribution in [0.3, 0.4) is 0 Å². The van der Waals surface area contributed by atoms with Gasteiger partial charge in [0.15, 0.2) is 5.78 Å². The Balaban J connectivity index is 1.52. The zero-order valence-electron chi connectivity index (χ0n) is 18.4. The lowest BCUT2D eigenvalue weighted by atomic mass is 9.98. The molecule has 2 aromatic carbocycles. The van der Waals surface area contributed by atoms with Gasteiger partial charge in [-0.15, -0.1) is 0 Å². The number of nitrogens with zero attached hydrogens (tertiary/aromatic N) is 1. The molecule has 0 aliphatic heterocycles. The number of Topliss-reactive ketones (excluding diaryl/α,β-unsaturated/α-hetero) is 1. The molecule has 0 unspecified atom stereocenters. The number of aromatic nitrogens is 1. The van der Waals surface area contributed by atoms with Crippen LogP contribution in [0, 0.1) is 6.92 Å². The molecule has 0 atom stereocenters. The van der Waals surface area contributed by atoms with E-state index >= 15 is 0 Å². The maximum atomic E-state index is 12.5. The van der Waals surface area contributed by atoms with Gasteiger partial charge in [-0.25, -0.2) is 0 Å². The van der Waals surface area contributed by atoms with Crippen molar-refractivity contribution in [3.8, 4) is 11.1 Å². The molecule has 0 amide bonds. The van der Waals surface area contributed by atoms with E-state index in [0.29, 0.717) is 6.42 Å². The Morgan fingerprint density at radius 1 is 0.767 bits per heavy atom. The van der Waals surface area contributed by atoms with Crippen molar-refractivity contribution in [2.75, 3.05) is 0 Å². The molecule has 1 heterocycles. The molecule has 3 rings (SSSR count). The Bertz CT molecular complexity index is 908. The van der Waals surface area contributed by atoms with Gasteiger partial charge in [0.05, 0.1) is 6.42 Å². The zero-order valence-corrected chi connectivity index (χ0v) is 18.4. The molecule has 156 valence electrons. The molecule has 0 fully saturated rings. The van der Waals surface area contributed by atoms with Crippen molar-refractivity contribution in [2.45, 2.75) is 65.2 Å². The summed E-state index contributed by atoms with van der Waals surface area (Å²) in [5, 5.41) is 0. The maximum absolute atomic E-state index is 12.5. The van der Waals surface area contributed by atoms with Crippen LogP contribution in [0.1, 0.15) is 72.6 Å². The van der Waals surface area contributed by atoms with Crippen molar-refractivity contribution < 1.29 is 4.79 Å². The van der Waals surface area contributed by atoms with E-state index in [-0.39, 0.29) is 5.78 Å². The number of ketones is 1. The predicted molar refractivity (Wildman–Crippen MR) is 126 cm³/mol. The lowest BCUT2D eigenvalue weighted by molar-refractivity contribution is 0.0992. The second kappa shape index (κ2) is 11.4. The Labute approximate surface area is 181 Å². The molecule has 0 saturated heterocycles. The molecule has 1 aromatic heterocycles. The van der Waals surface area contributed by atoms with E-state index in [9.17, 15) is 4.79 Å². The van der Waals surface area contributed by atoms with Crippen LogP contribution in [-0.2, 0) is 12.8 Å². The van der Waals surface area contributed by atoms with Crippen LogP contribution < -0.4 is 0 Å². The van der Waals surface area contributed by atoms with Crippen LogP contribution in [0.15, 0.2) is 66.9 Å². The van der Waals surface area contributed by atoms with Gasteiger partial charge in [0, 0.05) is 17.5 Å². The molecule has 2 heteroatoms. The summed E-state index contributed by atoms with van der Waals surface area (Å²) in [6.45, 7) is 4.26. The molecule has 0 bridgehead atoms. The lowest BCUT2D eigenvalue weighted by Crippen LogP contribution is -2.05. The molecule has 0 aliphatic rings. The van der Waals surface area contributed by atoms with Gasteiger partial charge in [0.25, 0.3) is 0 Å². The number of pyridine rings is 1. The van der Waals surface area contributed by atoms with Gasteiger partial charge < -0.3 is 0 Å². The molecule has 30 heavy (non-hydrogen) atoms. The van der Waals surface area contributed by atoms with Crippen molar-refractivity contribution in [2.24, 2.45) is 0 Å². The molecule has 0 spiro atoms. The summed E-state index contributed by atoms with van der Waals surface area (Å²) in [5.41, 5.74) is 6.41. The highest BCUT2D eigenvalue weighted by Gasteiger charge is 2.08. The van der Waals surface area contributed by atoms with E-state index < -0.39 is 0 Å². The maximum Gasteiger partial charge on any atom is 0.168 e. The fourth-order valence-electron chi connectivity index (χ4n) is 3.69. The van der Waals surface area contributed by atoms with Gasteiger partial charge in [-0.05, 0) is 48.1 Å². The van der Waals surface area contributed by atoms with E-state index in [2.05, 4.69) is 36.2 Å². The third-order valence-corrected chi connectivity index (χ3v) is 5.63. The second-order valence-electron chi connectivity index (χ2n) is 8.22. The van der Waals surface area contributed by atoms with Crippen molar-refractivity contribution in [1.29, 1.82) is 0 Å². The minimum atomic E-state index is 0.104. The van der Waals surface area contributed by atoms with Crippen LogP contribution in [0.5, 0.6) is 0 Å². The van der Waals surface area contributed by atoms with Crippen LogP contribution in [0.2, 0.25) is 0 Å². The average Bonchev–Trinajstić information content (AvgIpc) is 2.78. The highest BCUT2D eigenvalue weighted by molar-refractivity contribution is 5.97. The molecule has 0 aliphatic carbocycles. The number of carbonyl (C=O) groups is 1. The van der Waals surface area contributed by atoms with Gasteiger partial charge in [0.2, 0.25) is 0 Å². The van der Waals surface area contributed by atoms with Gasteiger partial charge in [-0.3, -0.25) is 9.78 Å². The average molecular weight is 400 g/mol. The quantitative estimate of drug-likeness (QED) is 0.248. The molecular weight excluding hydrogens is 366 g/mol. The van der Waals surface area contributed by atoms with E-state index in [1.165, 1.54) is 49.7 Å². The number of unbranched alkanes of at least 4 members (excludes halogenated alkanes) is 5. The number of carbonyl (C=O) groups excluding carboxylic acids is 1. The Kier molecular flexibility index (Phi) is 8.38. The lowest BCUT2D eigenvalue weighted by Gasteiger charge is -2.07. The summed E-state index contributed by atoms with van der Waals surface area (Å²) >= 11 is 0. The minimum Gasteiger partial charge on any atom is -0.294 e. The molecule has 3 aromatic rings. The van der Waals surface area contributed by atoms with Gasteiger partial charge in [-0.1, -0.05) is 93.6 Å². The van der Waals surface area contributed by atoms with Crippen molar-refractivity contribution >= 4 is 5.78 Å². The van der Waals surface area contributed by atoms with Crippen molar-refractivity contribution in [1.82, 2.24) is 4.98 Å². The summed E-state index contributed by atoms with van der Waals surface area (Å²) in [7, 11) is 0.